The van der Waals surface area contributed by atoms with Crippen LogP contribution in [0.4, 0.5) is 5.69 Å². The summed E-state index contributed by atoms with van der Waals surface area (Å²) >= 11 is 1.43. The Bertz CT molecular complexity index is 859. The predicted octanol–water partition coefficient (Wildman–Crippen LogP) is 4.47. The number of ether oxygens (including phenoxy) is 2. The SMILES string of the molecule is CCOc1ccccc1NC(=O)c1csc(-c2ccc(OC)cc2)n1. The Hall–Kier alpha value is -2.86. The summed E-state index contributed by atoms with van der Waals surface area (Å²) in [6.45, 7) is 2.44. The number of benzene rings is 2. The van der Waals surface area contributed by atoms with Gasteiger partial charge in [-0.2, -0.15) is 0 Å². The van der Waals surface area contributed by atoms with E-state index in [2.05, 4.69) is 10.3 Å². The van der Waals surface area contributed by atoms with Crippen molar-refractivity contribution < 1.29 is 14.3 Å². The molecule has 5 nitrogen and oxygen atoms in total. The van der Waals surface area contributed by atoms with Crippen LogP contribution in [0.1, 0.15) is 17.4 Å². The molecular weight excluding hydrogens is 336 g/mol. The Balaban J connectivity index is 1.76. The van der Waals surface area contributed by atoms with Crippen molar-refractivity contribution in [3.8, 4) is 22.1 Å². The quantitative estimate of drug-likeness (QED) is 0.709. The smallest absolute Gasteiger partial charge is 0.275 e. The lowest BCUT2D eigenvalue weighted by Gasteiger charge is -2.10. The van der Waals surface area contributed by atoms with Gasteiger partial charge in [0.1, 0.15) is 22.2 Å². The first-order chi connectivity index (χ1) is 12.2. The second kappa shape index (κ2) is 7.81. The van der Waals surface area contributed by atoms with Gasteiger partial charge in [-0.15, -0.1) is 11.3 Å². The van der Waals surface area contributed by atoms with Crippen molar-refractivity contribution in [1.82, 2.24) is 4.98 Å². The normalized spacial score (nSPS) is 10.3. The Morgan fingerprint density at radius 1 is 1.16 bits per heavy atom. The number of hydrogen-bond acceptors (Lipinski definition) is 5. The molecule has 6 heteroatoms. The number of carbonyl (C=O) groups excluding carboxylic acids is 1. The zero-order valence-corrected chi connectivity index (χ0v) is 14.8. The predicted molar refractivity (Wildman–Crippen MR) is 99.7 cm³/mol. The number of amides is 1. The largest absolute Gasteiger partial charge is 0.497 e. The summed E-state index contributed by atoms with van der Waals surface area (Å²) in [6, 6.07) is 14.9. The van der Waals surface area contributed by atoms with Crippen LogP contribution >= 0.6 is 11.3 Å². The Labute approximate surface area is 150 Å². The lowest BCUT2D eigenvalue weighted by molar-refractivity contribution is 0.102. The minimum Gasteiger partial charge on any atom is -0.497 e. The summed E-state index contributed by atoms with van der Waals surface area (Å²) in [7, 11) is 1.63. The number of anilines is 1. The van der Waals surface area contributed by atoms with Gasteiger partial charge in [0, 0.05) is 10.9 Å². The molecule has 0 unspecified atom stereocenters. The maximum absolute atomic E-state index is 12.5. The van der Waals surface area contributed by atoms with Crippen LogP contribution in [0.25, 0.3) is 10.6 Å². The maximum Gasteiger partial charge on any atom is 0.275 e. The molecule has 1 aromatic heterocycles. The summed E-state index contributed by atoms with van der Waals surface area (Å²) in [5, 5.41) is 5.39. The second-order valence-corrected chi connectivity index (χ2v) is 6.01. The van der Waals surface area contributed by atoms with Crippen LogP contribution in [-0.4, -0.2) is 24.6 Å². The zero-order chi connectivity index (χ0) is 17.6. The van der Waals surface area contributed by atoms with E-state index in [1.807, 2.05) is 49.4 Å². The van der Waals surface area contributed by atoms with E-state index in [9.17, 15) is 4.79 Å². The molecule has 0 saturated carbocycles. The van der Waals surface area contributed by atoms with Crippen molar-refractivity contribution in [3.05, 3.63) is 59.6 Å². The number of carbonyl (C=O) groups is 1. The van der Waals surface area contributed by atoms with Gasteiger partial charge in [-0.3, -0.25) is 4.79 Å². The highest BCUT2D eigenvalue weighted by atomic mass is 32.1. The molecule has 0 radical (unpaired) electrons. The van der Waals surface area contributed by atoms with E-state index in [1.54, 1.807) is 18.6 Å². The average Bonchev–Trinajstić information content (AvgIpc) is 3.14. The lowest BCUT2D eigenvalue weighted by Crippen LogP contribution is -2.13. The van der Waals surface area contributed by atoms with Crippen molar-refractivity contribution in [1.29, 1.82) is 0 Å². The Morgan fingerprint density at radius 2 is 1.92 bits per heavy atom. The van der Waals surface area contributed by atoms with Crippen molar-refractivity contribution in [2.24, 2.45) is 0 Å². The highest BCUT2D eigenvalue weighted by molar-refractivity contribution is 7.13. The van der Waals surface area contributed by atoms with E-state index in [4.69, 9.17) is 9.47 Å². The van der Waals surface area contributed by atoms with Crippen molar-refractivity contribution in [2.45, 2.75) is 6.92 Å². The molecule has 2 aromatic carbocycles. The molecule has 1 heterocycles. The van der Waals surface area contributed by atoms with Gasteiger partial charge >= 0.3 is 0 Å². The minimum atomic E-state index is -0.261. The average molecular weight is 354 g/mol. The molecule has 0 spiro atoms. The molecule has 0 aliphatic rings. The molecule has 3 rings (SSSR count). The number of thiazole rings is 1. The first-order valence-electron chi connectivity index (χ1n) is 7.84. The third-order valence-electron chi connectivity index (χ3n) is 3.51. The van der Waals surface area contributed by atoms with Crippen LogP contribution in [-0.2, 0) is 0 Å². The zero-order valence-electron chi connectivity index (χ0n) is 14.0. The molecular formula is C19H18N2O3S. The van der Waals surface area contributed by atoms with Gasteiger partial charge < -0.3 is 14.8 Å². The molecule has 0 fully saturated rings. The molecule has 3 aromatic rings. The fourth-order valence-electron chi connectivity index (χ4n) is 2.28. The summed E-state index contributed by atoms with van der Waals surface area (Å²) in [5.74, 6) is 1.16. The highest BCUT2D eigenvalue weighted by Gasteiger charge is 2.14. The van der Waals surface area contributed by atoms with Gasteiger partial charge in [0.15, 0.2) is 0 Å². The number of methoxy groups -OCH3 is 1. The molecule has 0 aliphatic carbocycles. The lowest BCUT2D eigenvalue weighted by atomic mass is 10.2. The van der Waals surface area contributed by atoms with E-state index in [1.165, 1.54) is 11.3 Å². The van der Waals surface area contributed by atoms with E-state index in [0.29, 0.717) is 23.7 Å². The van der Waals surface area contributed by atoms with Crippen LogP contribution in [0.3, 0.4) is 0 Å². The summed E-state index contributed by atoms with van der Waals surface area (Å²) in [6.07, 6.45) is 0. The monoisotopic (exact) mass is 354 g/mol. The molecule has 1 amide bonds. The Morgan fingerprint density at radius 3 is 2.64 bits per heavy atom. The third kappa shape index (κ3) is 3.97. The molecule has 1 N–H and O–H groups in total. The molecule has 0 aliphatic heterocycles. The first kappa shape index (κ1) is 17.0. The summed E-state index contributed by atoms with van der Waals surface area (Å²) in [4.78, 5) is 16.9. The van der Waals surface area contributed by atoms with Gasteiger partial charge in [0.25, 0.3) is 5.91 Å². The highest BCUT2D eigenvalue weighted by Crippen LogP contribution is 2.27. The summed E-state index contributed by atoms with van der Waals surface area (Å²) in [5.41, 5.74) is 1.95. The van der Waals surface area contributed by atoms with E-state index >= 15 is 0 Å². The van der Waals surface area contributed by atoms with E-state index in [-0.39, 0.29) is 5.91 Å². The van der Waals surface area contributed by atoms with Crippen LogP contribution in [0, 0.1) is 0 Å². The standard InChI is InChI=1S/C19H18N2O3S/c1-3-24-17-7-5-4-6-15(17)20-18(22)16-12-25-19(21-16)13-8-10-14(23-2)11-9-13/h4-12H,3H2,1-2H3,(H,20,22). The van der Waals surface area contributed by atoms with Gasteiger partial charge in [-0.25, -0.2) is 4.98 Å². The van der Waals surface area contributed by atoms with Crippen molar-refractivity contribution in [2.75, 3.05) is 19.0 Å². The molecule has 0 atom stereocenters. The van der Waals surface area contributed by atoms with Gasteiger partial charge in [0.05, 0.1) is 19.4 Å². The van der Waals surface area contributed by atoms with E-state index < -0.39 is 0 Å². The molecule has 128 valence electrons. The minimum absolute atomic E-state index is 0.261. The van der Waals surface area contributed by atoms with Gasteiger partial charge in [0.2, 0.25) is 0 Å². The molecule has 25 heavy (non-hydrogen) atoms. The number of hydrogen-bond donors (Lipinski definition) is 1. The van der Waals surface area contributed by atoms with Crippen LogP contribution in [0.2, 0.25) is 0 Å². The number of nitrogens with zero attached hydrogens (tertiary/aromatic N) is 1. The molecule has 0 bridgehead atoms. The van der Waals surface area contributed by atoms with Crippen molar-refractivity contribution in [3.63, 3.8) is 0 Å². The third-order valence-corrected chi connectivity index (χ3v) is 4.40. The van der Waals surface area contributed by atoms with Gasteiger partial charge in [-0.1, -0.05) is 12.1 Å². The summed E-state index contributed by atoms with van der Waals surface area (Å²) < 4.78 is 10.7. The fourth-order valence-corrected chi connectivity index (χ4v) is 3.09. The fraction of sp³-hybridized carbons (Fsp3) is 0.158. The van der Waals surface area contributed by atoms with Crippen LogP contribution in [0.5, 0.6) is 11.5 Å². The second-order valence-electron chi connectivity index (χ2n) is 5.15. The van der Waals surface area contributed by atoms with Crippen LogP contribution in [0.15, 0.2) is 53.9 Å². The number of rotatable bonds is 6. The number of aromatic nitrogens is 1. The molecule has 0 saturated heterocycles. The first-order valence-corrected chi connectivity index (χ1v) is 8.72. The van der Waals surface area contributed by atoms with E-state index in [0.717, 1.165) is 16.3 Å². The number of nitrogens with one attached hydrogen (secondary N) is 1. The van der Waals surface area contributed by atoms with Crippen LogP contribution < -0.4 is 14.8 Å². The topological polar surface area (TPSA) is 60.5 Å². The van der Waals surface area contributed by atoms with Gasteiger partial charge in [-0.05, 0) is 43.3 Å². The number of para-hydroxylation sites is 2. The maximum atomic E-state index is 12.5. The van der Waals surface area contributed by atoms with Crippen molar-refractivity contribution >= 4 is 22.9 Å². The Kier molecular flexibility index (Phi) is 5.30.